The molecule has 0 aliphatic rings. The molecule has 6 heteroatoms. The highest BCUT2D eigenvalue weighted by Crippen LogP contribution is 2.07. The van der Waals surface area contributed by atoms with Crippen LogP contribution in [-0.2, 0) is 4.79 Å². The van der Waals surface area contributed by atoms with E-state index in [9.17, 15) is 20.1 Å². The van der Waals surface area contributed by atoms with Gasteiger partial charge in [-0.3, -0.25) is 4.79 Å². The molecule has 0 rings (SSSR count). The second kappa shape index (κ2) is 18.6. The highest BCUT2D eigenvalue weighted by molar-refractivity contribution is 5.75. The van der Waals surface area contributed by atoms with Gasteiger partial charge in [0.1, 0.15) is 0 Å². The van der Waals surface area contributed by atoms with E-state index in [0.717, 1.165) is 19.3 Å². The van der Waals surface area contributed by atoms with E-state index in [2.05, 4.69) is 12.2 Å². The predicted molar refractivity (Wildman–Crippen MR) is 113 cm³/mol. The summed E-state index contributed by atoms with van der Waals surface area (Å²) in [4.78, 5) is 11.3. The van der Waals surface area contributed by atoms with Gasteiger partial charge in [-0.05, 0) is 19.3 Å². The van der Waals surface area contributed by atoms with Gasteiger partial charge < -0.3 is 25.7 Å². The van der Waals surface area contributed by atoms with Crippen LogP contribution in [0.15, 0.2) is 48.6 Å². The maximum atomic E-state index is 11.3. The minimum Gasteiger partial charge on any atom is -0.395 e. The van der Waals surface area contributed by atoms with Crippen molar-refractivity contribution >= 4 is 5.91 Å². The van der Waals surface area contributed by atoms with Gasteiger partial charge in [0.05, 0.1) is 24.9 Å². The number of amides is 1. The fourth-order valence-corrected chi connectivity index (χ4v) is 2.38. The van der Waals surface area contributed by atoms with Crippen LogP contribution in [0, 0.1) is 0 Å². The van der Waals surface area contributed by atoms with Crippen molar-refractivity contribution in [3.8, 4) is 0 Å². The van der Waals surface area contributed by atoms with Crippen LogP contribution in [0.25, 0.3) is 0 Å². The second-order valence-corrected chi connectivity index (χ2v) is 6.63. The molecule has 0 aromatic carbocycles. The van der Waals surface area contributed by atoms with E-state index in [-0.39, 0.29) is 19.1 Å². The van der Waals surface area contributed by atoms with Crippen molar-refractivity contribution in [1.29, 1.82) is 0 Å². The van der Waals surface area contributed by atoms with E-state index in [0.29, 0.717) is 25.7 Å². The predicted octanol–water partition coefficient (Wildman–Crippen LogP) is 2.15. The van der Waals surface area contributed by atoms with Crippen molar-refractivity contribution < 1.29 is 25.2 Å². The summed E-state index contributed by atoms with van der Waals surface area (Å²) in [6.07, 6.45) is 16.6. The molecule has 0 saturated heterocycles. The first kappa shape index (κ1) is 26.3. The standard InChI is InChI=1S/C22H37NO5/c1-2-3-8-14-20(26)21(27)15-10-7-5-4-6-9-12-19(25)13-11-16-22(28)23-17-18-24/h4-7,9-10,12,15,19-21,24-27H,2-3,8,11,13-14,16-18H2,1H3,(H,23,28)/b6-4-,7-5+,12-9+,15-10+/t19-,20-,21-/m1/s1. The zero-order valence-corrected chi connectivity index (χ0v) is 16.9. The van der Waals surface area contributed by atoms with E-state index in [1.165, 1.54) is 0 Å². The summed E-state index contributed by atoms with van der Waals surface area (Å²) in [5.41, 5.74) is 0. The number of carbonyl (C=O) groups excluding carboxylic acids is 1. The van der Waals surface area contributed by atoms with Gasteiger partial charge in [0, 0.05) is 13.0 Å². The molecule has 0 unspecified atom stereocenters. The Balaban J connectivity index is 3.94. The Kier molecular flexibility index (Phi) is 17.5. The lowest BCUT2D eigenvalue weighted by Crippen LogP contribution is -2.26. The van der Waals surface area contributed by atoms with Gasteiger partial charge in [0.25, 0.3) is 0 Å². The molecule has 0 aliphatic heterocycles. The molecule has 6 nitrogen and oxygen atoms in total. The molecular weight excluding hydrogens is 358 g/mol. The molecule has 0 saturated carbocycles. The first-order valence-corrected chi connectivity index (χ1v) is 10.1. The first-order chi connectivity index (χ1) is 13.5. The summed E-state index contributed by atoms with van der Waals surface area (Å²) in [6.45, 7) is 2.28. The van der Waals surface area contributed by atoms with E-state index in [1.54, 1.807) is 48.6 Å². The smallest absolute Gasteiger partial charge is 0.220 e. The summed E-state index contributed by atoms with van der Waals surface area (Å²) in [5.74, 6) is -0.123. The zero-order valence-electron chi connectivity index (χ0n) is 16.9. The van der Waals surface area contributed by atoms with Gasteiger partial charge >= 0.3 is 0 Å². The molecule has 5 N–H and O–H groups in total. The molecule has 0 aromatic heterocycles. The van der Waals surface area contributed by atoms with Gasteiger partial charge in [-0.1, -0.05) is 74.8 Å². The Morgan fingerprint density at radius 1 is 0.893 bits per heavy atom. The van der Waals surface area contributed by atoms with Gasteiger partial charge in [0.15, 0.2) is 0 Å². The van der Waals surface area contributed by atoms with Crippen molar-refractivity contribution in [2.45, 2.75) is 70.2 Å². The Morgan fingerprint density at radius 2 is 1.54 bits per heavy atom. The number of allylic oxidation sites excluding steroid dienone is 6. The van der Waals surface area contributed by atoms with E-state index in [4.69, 9.17) is 5.11 Å². The van der Waals surface area contributed by atoms with Gasteiger partial charge in [-0.2, -0.15) is 0 Å². The van der Waals surface area contributed by atoms with Crippen molar-refractivity contribution in [3.05, 3.63) is 48.6 Å². The normalized spacial score (nSPS) is 15.8. The molecule has 0 aliphatic carbocycles. The SMILES string of the molecule is CCCCC[C@@H](O)[C@H](O)/C=C/C=C/C=C\C=C\[C@@H](O)CCCC(=O)NCCO. The van der Waals surface area contributed by atoms with Crippen molar-refractivity contribution in [2.24, 2.45) is 0 Å². The van der Waals surface area contributed by atoms with Crippen LogP contribution in [0.4, 0.5) is 0 Å². The van der Waals surface area contributed by atoms with Crippen LogP contribution >= 0.6 is 0 Å². The average molecular weight is 396 g/mol. The number of unbranched alkanes of at least 4 members (excludes halogenated alkanes) is 2. The van der Waals surface area contributed by atoms with Gasteiger partial charge in [-0.15, -0.1) is 0 Å². The summed E-state index contributed by atoms with van der Waals surface area (Å²) in [5, 5.41) is 40.6. The summed E-state index contributed by atoms with van der Waals surface area (Å²) in [6, 6.07) is 0. The second-order valence-electron chi connectivity index (χ2n) is 6.63. The van der Waals surface area contributed by atoms with Crippen LogP contribution in [0.5, 0.6) is 0 Å². The molecule has 0 heterocycles. The van der Waals surface area contributed by atoms with E-state index < -0.39 is 18.3 Å². The largest absolute Gasteiger partial charge is 0.395 e. The van der Waals surface area contributed by atoms with Crippen LogP contribution < -0.4 is 5.32 Å². The molecule has 0 bridgehead atoms. The van der Waals surface area contributed by atoms with Crippen LogP contribution in [0.3, 0.4) is 0 Å². The summed E-state index contributed by atoms with van der Waals surface area (Å²) in [7, 11) is 0. The maximum absolute atomic E-state index is 11.3. The Hall–Kier alpha value is -1.73. The van der Waals surface area contributed by atoms with Gasteiger partial charge in [0.2, 0.25) is 5.91 Å². The molecule has 3 atom stereocenters. The monoisotopic (exact) mass is 395 g/mol. The Bertz CT molecular complexity index is 499. The fraction of sp³-hybridized carbons (Fsp3) is 0.591. The molecular formula is C22H37NO5. The van der Waals surface area contributed by atoms with E-state index >= 15 is 0 Å². The van der Waals surface area contributed by atoms with Crippen molar-refractivity contribution in [2.75, 3.05) is 13.2 Å². The molecule has 160 valence electrons. The number of hydrogen-bond acceptors (Lipinski definition) is 5. The highest BCUT2D eigenvalue weighted by atomic mass is 16.3. The van der Waals surface area contributed by atoms with Crippen LogP contribution in [-0.4, -0.2) is 57.8 Å². The summed E-state index contributed by atoms with van der Waals surface area (Å²) >= 11 is 0. The molecule has 0 aromatic rings. The van der Waals surface area contributed by atoms with Crippen molar-refractivity contribution in [3.63, 3.8) is 0 Å². The number of hydrogen-bond donors (Lipinski definition) is 5. The topological polar surface area (TPSA) is 110 Å². The Labute approximate surface area is 169 Å². The highest BCUT2D eigenvalue weighted by Gasteiger charge is 2.11. The third-order valence-corrected chi connectivity index (χ3v) is 4.03. The van der Waals surface area contributed by atoms with E-state index in [1.807, 2.05) is 0 Å². The number of rotatable bonds is 16. The summed E-state index contributed by atoms with van der Waals surface area (Å²) < 4.78 is 0. The third-order valence-electron chi connectivity index (χ3n) is 4.03. The number of aliphatic hydroxyl groups excluding tert-OH is 4. The van der Waals surface area contributed by atoms with Crippen molar-refractivity contribution in [1.82, 2.24) is 5.32 Å². The lowest BCUT2D eigenvalue weighted by atomic mass is 10.1. The molecule has 0 fully saturated rings. The van der Waals surface area contributed by atoms with Gasteiger partial charge in [-0.25, -0.2) is 0 Å². The molecule has 0 radical (unpaired) electrons. The number of aliphatic hydroxyl groups is 4. The molecule has 28 heavy (non-hydrogen) atoms. The fourth-order valence-electron chi connectivity index (χ4n) is 2.38. The first-order valence-electron chi connectivity index (χ1n) is 10.1. The lowest BCUT2D eigenvalue weighted by Gasteiger charge is -2.13. The maximum Gasteiger partial charge on any atom is 0.220 e. The Morgan fingerprint density at radius 3 is 2.18 bits per heavy atom. The van der Waals surface area contributed by atoms with Crippen LogP contribution in [0.1, 0.15) is 51.9 Å². The minimum atomic E-state index is -0.855. The zero-order chi connectivity index (χ0) is 21.0. The quantitative estimate of drug-likeness (QED) is 0.203. The number of nitrogens with one attached hydrogen (secondary N) is 1. The average Bonchev–Trinajstić information content (AvgIpc) is 2.68. The molecule has 0 spiro atoms. The number of carbonyl (C=O) groups is 1. The lowest BCUT2D eigenvalue weighted by molar-refractivity contribution is -0.121. The third kappa shape index (κ3) is 16.4. The minimum absolute atomic E-state index is 0.0741. The molecule has 1 amide bonds. The van der Waals surface area contributed by atoms with Crippen LogP contribution in [0.2, 0.25) is 0 Å².